The SMILES string of the molecule is Cn1ccc(C(=O)N[C@H]2CCC23CCN(Cc2ccsc2)CC3)c1. The number of nitrogens with one attached hydrogen (secondary N) is 1. The van der Waals surface area contributed by atoms with Gasteiger partial charge in [-0.2, -0.15) is 11.3 Å². The van der Waals surface area contributed by atoms with Gasteiger partial charge in [-0.3, -0.25) is 9.69 Å². The number of aromatic nitrogens is 1. The molecule has 0 radical (unpaired) electrons. The minimum absolute atomic E-state index is 0.0837. The quantitative estimate of drug-likeness (QED) is 0.925. The number of likely N-dealkylation sites (tertiary alicyclic amines) is 1. The van der Waals surface area contributed by atoms with Crippen LogP contribution < -0.4 is 5.32 Å². The molecule has 0 unspecified atom stereocenters. The first-order valence-corrected chi connectivity index (χ1v) is 9.75. The number of rotatable bonds is 4. The van der Waals surface area contributed by atoms with E-state index < -0.39 is 0 Å². The summed E-state index contributed by atoms with van der Waals surface area (Å²) in [7, 11) is 1.95. The maximum Gasteiger partial charge on any atom is 0.253 e. The van der Waals surface area contributed by atoms with Gasteiger partial charge in [0.15, 0.2) is 0 Å². The molecule has 3 heterocycles. The van der Waals surface area contributed by atoms with E-state index in [1.54, 1.807) is 11.3 Å². The molecule has 1 saturated heterocycles. The molecule has 4 rings (SSSR count). The molecule has 2 aliphatic rings. The summed E-state index contributed by atoms with van der Waals surface area (Å²) in [4.78, 5) is 15.0. The van der Waals surface area contributed by atoms with Crippen LogP contribution in [-0.2, 0) is 13.6 Å². The molecule has 1 aliphatic carbocycles. The number of amides is 1. The molecule has 1 saturated carbocycles. The van der Waals surface area contributed by atoms with Crippen molar-refractivity contribution in [3.63, 3.8) is 0 Å². The second-order valence-corrected chi connectivity index (χ2v) is 8.18. The van der Waals surface area contributed by atoms with Gasteiger partial charge in [0, 0.05) is 32.0 Å². The molecule has 2 aromatic heterocycles. The Kier molecular flexibility index (Phi) is 4.22. The first kappa shape index (κ1) is 15.9. The molecule has 24 heavy (non-hydrogen) atoms. The predicted octanol–water partition coefficient (Wildman–Crippen LogP) is 3.26. The highest BCUT2D eigenvalue weighted by Crippen LogP contribution is 2.49. The van der Waals surface area contributed by atoms with Crippen LogP contribution in [0.2, 0.25) is 0 Å². The zero-order valence-corrected chi connectivity index (χ0v) is 15.0. The van der Waals surface area contributed by atoms with Gasteiger partial charge in [0.25, 0.3) is 5.91 Å². The van der Waals surface area contributed by atoms with Crippen molar-refractivity contribution < 1.29 is 4.79 Å². The number of carbonyl (C=O) groups excluding carboxylic acids is 1. The van der Waals surface area contributed by atoms with Gasteiger partial charge in [-0.15, -0.1) is 0 Å². The summed E-state index contributed by atoms with van der Waals surface area (Å²) in [5.74, 6) is 0.0837. The van der Waals surface area contributed by atoms with Crippen molar-refractivity contribution in [2.45, 2.75) is 38.3 Å². The topological polar surface area (TPSA) is 37.3 Å². The van der Waals surface area contributed by atoms with Gasteiger partial charge in [0.1, 0.15) is 0 Å². The fourth-order valence-electron chi connectivity index (χ4n) is 4.20. The Morgan fingerprint density at radius 2 is 2.17 bits per heavy atom. The number of carbonyl (C=O) groups is 1. The zero-order chi connectivity index (χ0) is 16.6. The number of hydrogen-bond acceptors (Lipinski definition) is 3. The van der Waals surface area contributed by atoms with E-state index in [9.17, 15) is 4.79 Å². The fourth-order valence-corrected chi connectivity index (χ4v) is 4.86. The smallest absolute Gasteiger partial charge is 0.253 e. The first-order valence-electron chi connectivity index (χ1n) is 8.81. The van der Waals surface area contributed by atoms with Crippen LogP contribution in [0.15, 0.2) is 35.3 Å². The highest BCUT2D eigenvalue weighted by Gasteiger charge is 2.48. The lowest BCUT2D eigenvalue weighted by atomic mass is 9.59. The molecule has 0 aromatic carbocycles. The van der Waals surface area contributed by atoms with Crippen molar-refractivity contribution >= 4 is 17.2 Å². The molecule has 4 nitrogen and oxygen atoms in total. The number of thiophene rings is 1. The van der Waals surface area contributed by atoms with Crippen LogP contribution in [0.4, 0.5) is 0 Å². The van der Waals surface area contributed by atoms with E-state index in [-0.39, 0.29) is 5.91 Å². The molecule has 128 valence electrons. The highest BCUT2D eigenvalue weighted by atomic mass is 32.1. The summed E-state index contributed by atoms with van der Waals surface area (Å²) in [5.41, 5.74) is 2.54. The highest BCUT2D eigenvalue weighted by molar-refractivity contribution is 7.07. The first-order chi connectivity index (χ1) is 11.6. The molecular formula is C19H25N3OS. The lowest BCUT2D eigenvalue weighted by Crippen LogP contribution is -2.59. The Hall–Kier alpha value is -1.59. The molecule has 1 spiro atoms. The molecule has 5 heteroatoms. The summed E-state index contributed by atoms with van der Waals surface area (Å²) in [6, 6.07) is 4.47. The number of hydrogen-bond donors (Lipinski definition) is 1. The van der Waals surface area contributed by atoms with Gasteiger partial charge < -0.3 is 9.88 Å². The Labute approximate surface area is 147 Å². The summed E-state index contributed by atoms with van der Waals surface area (Å²) < 4.78 is 1.92. The van der Waals surface area contributed by atoms with Crippen molar-refractivity contribution in [3.8, 4) is 0 Å². The molecular weight excluding hydrogens is 318 g/mol. The van der Waals surface area contributed by atoms with E-state index in [4.69, 9.17) is 0 Å². The number of nitrogens with zero attached hydrogens (tertiary/aromatic N) is 2. The zero-order valence-electron chi connectivity index (χ0n) is 14.2. The van der Waals surface area contributed by atoms with E-state index in [0.717, 1.165) is 31.6 Å². The molecule has 2 fully saturated rings. The number of piperidine rings is 1. The van der Waals surface area contributed by atoms with E-state index in [1.807, 2.05) is 30.1 Å². The summed E-state index contributed by atoms with van der Waals surface area (Å²) in [6.45, 7) is 3.36. The average Bonchev–Trinajstić information content (AvgIpc) is 3.24. The Morgan fingerprint density at radius 3 is 2.75 bits per heavy atom. The molecule has 2 aromatic rings. The van der Waals surface area contributed by atoms with Crippen molar-refractivity contribution in [2.24, 2.45) is 12.5 Å². The lowest BCUT2D eigenvalue weighted by Gasteiger charge is -2.54. The van der Waals surface area contributed by atoms with Crippen LogP contribution >= 0.6 is 11.3 Å². The van der Waals surface area contributed by atoms with Crippen LogP contribution in [0.25, 0.3) is 0 Å². The molecule has 0 bridgehead atoms. The third-order valence-corrected chi connectivity index (χ3v) is 6.64. The summed E-state index contributed by atoms with van der Waals surface area (Å²) >= 11 is 1.77. The second kappa shape index (κ2) is 6.37. The Balaban J connectivity index is 1.32. The van der Waals surface area contributed by atoms with Gasteiger partial charge in [-0.25, -0.2) is 0 Å². The van der Waals surface area contributed by atoms with Crippen molar-refractivity contribution in [2.75, 3.05) is 13.1 Å². The summed E-state index contributed by atoms with van der Waals surface area (Å²) in [6.07, 6.45) is 8.62. The predicted molar refractivity (Wildman–Crippen MR) is 97.2 cm³/mol. The summed E-state index contributed by atoms with van der Waals surface area (Å²) in [5, 5.41) is 7.70. The molecule has 1 aliphatic heterocycles. The van der Waals surface area contributed by atoms with E-state index in [0.29, 0.717) is 11.5 Å². The lowest BCUT2D eigenvalue weighted by molar-refractivity contribution is -0.00707. The third-order valence-electron chi connectivity index (χ3n) is 5.91. The van der Waals surface area contributed by atoms with Gasteiger partial charge >= 0.3 is 0 Å². The monoisotopic (exact) mass is 343 g/mol. The van der Waals surface area contributed by atoms with Gasteiger partial charge in [-0.1, -0.05) is 0 Å². The number of aryl methyl sites for hydroxylation is 1. The van der Waals surface area contributed by atoms with Crippen molar-refractivity contribution in [3.05, 3.63) is 46.4 Å². The molecule has 1 amide bonds. The van der Waals surface area contributed by atoms with Crippen LogP contribution in [0.3, 0.4) is 0 Å². The van der Waals surface area contributed by atoms with Gasteiger partial charge in [0.2, 0.25) is 0 Å². The largest absolute Gasteiger partial charge is 0.356 e. The average molecular weight is 343 g/mol. The van der Waals surface area contributed by atoms with Crippen LogP contribution in [-0.4, -0.2) is 34.5 Å². The van der Waals surface area contributed by atoms with Crippen LogP contribution in [0, 0.1) is 5.41 Å². The van der Waals surface area contributed by atoms with Crippen LogP contribution in [0.1, 0.15) is 41.6 Å². The van der Waals surface area contributed by atoms with Gasteiger partial charge in [0.05, 0.1) is 5.56 Å². The van der Waals surface area contributed by atoms with E-state index in [2.05, 4.69) is 27.0 Å². The standard InChI is InChI=1S/C19H25N3OS/c1-21-8-3-16(13-21)18(23)20-17-2-5-19(17)6-9-22(10-7-19)12-15-4-11-24-14-15/h3-4,8,11,13-14,17H,2,5-7,9-10,12H2,1H3,(H,20,23)/t17-/m0/s1. The van der Waals surface area contributed by atoms with Gasteiger partial charge in [-0.05, 0) is 72.6 Å². The van der Waals surface area contributed by atoms with E-state index in [1.165, 1.54) is 24.8 Å². The minimum Gasteiger partial charge on any atom is -0.356 e. The van der Waals surface area contributed by atoms with Crippen molar-refractivity contribution in [1.82, 2.24) is 14.8 Å². The molecule has 1 atom stereocenters. The maximum atomic E-state index is 12.4. The Bertz CT molecular complexity index is 698. The fraction of sp³-hybridized carbons (Fsp3) is 0.526. The third kappa shape index (κ3) is 3.03. The minimum atomic E-state index is 0.0837. The Morgan fingerprint density at radius 1 is 1.33 bits per heavy atom. The van der Waals surface area contributed by atoms with Crippen molar-refractivity contribution in [1.29, 1.82) is 0 Å². The maximum absolute atomic E-state index is 12.4. The normalized spacial score (nSPS) is 23.1. The van der Waals surface area contributed by atoms with E-state index >= 15 is 0 Å². The molecule has 1 N–H and O–H groups in total. The van der Waals surface area contributed by atoms with Crippen LogP contribution in [0.5, 0.6) is 0 Å². The second-order valence-electron chi connectivity index (χ2n) is 7.40.